The molecule has 1 heterocycles. The predicted octanol–water partition coefficient (Wildman–Crippen LogP) is 3.48. The van der Waals surface area contributed by atoms with E-state index in [4.69, 9.17) is 13.9 Å². The van der Waals surface area contributed by atoms with E-state index in [9.17, 15) is 9.59 Å². The number of carbonyl (C=O) groups excluding carboxylic acids is 2. The van der Waals surface area contributed by atoms with Gasteiger partial charge in [-0.2, -0.15) is 0 Å². The zero-order valence-corrected chi connectivity index (χ0v) is 14.5. The maximum Gasteiger partial charge on any atom is 0.341 e. The fraction of sp³-hybridized carbons (Fsp3) is 0.200. The van der Waals surface area contributed by atoms with E-state index in [1.165, 1.54) is 7.11 Å². The molecular formula is C20H19NO5. The second-order valence-electron chi connectivity index (χ2n) is 5.78. The fourth-order valence-corrected chi connectivity index (χ4v) is 2.64. The third kappa shape index (κ3) is 3.85. The molecule has 1 unspecified atom stereocenters. The number of rotatable bonds is 6. The molecule has 0 saturated carbocycles. The predicted molar refractivity (Wildman–Crippen MR) is 96.0 cm³/mol. The second kappa shape index (κ2) is 7.74. The molecule has 1 N–H and O–H groups in total. The van der Waals surface area contributed by atoms with Crippen molar-refractivity contribution in [1.29, 1.82) is 0 Å². The summed E-state index contributed by atoms with van der Waals surface area (Å²) in [4.78, 5) is 24.2. The summed E-state index contributed by atoms with van der Waals surface area (Å²) in [7, 11) is 1.30. The normalized spacial score (nSPS) is 11.8. The molecule has 1 amide bonds. The average Bonchev–Trinajstić information content (AvgIpc) is 3.20. The summed E-state index contributed by atoms with van der Waals surface area (Å²) < 4.78 is 15.7. The second-order valence-corrected chi connectivity index (χ2v) is 5.78. The summed E-state index contributed by atoms with van der Waals surface area (Å²) in [5.74, 6) is 0.114. The quantitative estimate of drug-likeness (QED) is 0.687. The summed E-state index contributed by atoms with van der Waals surface area (Å²) in [6.07, 6.45) is 1.55. The Labute approximate surface area is 150 Å². The monoisotopic (exact) mass is 353 g/mol. The fourth-order valence-electron chi connectivity index (χ4n) is 2.64. The highest BCUT2D eigenvalue weighted by Gasteiger charge is 2.17. The first-order valence-corrected chi connectivity index (χ1v) is 8.15. The molecular weight excluding hydrogens is 334 g/mol. The third-order valence-electron chi connectivity index (χ3n) is 3.96. The molecule has 0 radical (unpaired) electrons. The summed E-state index contributed by atoms with van der Waals surface area (Å²) in [5.41, 5.74) is 0.276. The van der Waals surface area contributed by atoms with E-state index >= 15 is 0 Å². The van der Waals surface area contributed by atoms with Crippen LogP contribution in [0.25, 0.3) is 10.8 Å². The molecule has 0 fully saturated rings. The van der Waals surface area contributed by atoms with E-state index in [1.54, 1.807) is 30.5 Å². The highest BCUT2D eigenvalue weighted by atomic mass is 16.5. The largest absolute Gasteiger partial charge is 0.483 e. The van der Waals surface area contributed by atoms with Crippen LogP contribution < -0.4 is 10.1 Å². The van der Waals surface area contributed by atoms with Gasteiger partial charge in [-0.15, -0.1) is 0 Å². The molecule has 6 heteroatoms. The number of esters is 1. The molecule has 134 valence electrons. The molecule has 1 aromatic heterocycles. The number of fused-ring (bicyclic) bond motifs is 1. The van der Waals surface area contributed by atoms with Gasteiger partial charge in [-0.3, -0.25) is 4.79 Å². The Morgan fingerprint density at radius 3 is 2.50 bits per heavy atom. The van der Waals surface area contributed by atoms with Gasteiger partial charge in [0, 0.05) is 0 Å². The lowest BCUT2D eigenvalue weighted by Gasteiger charge is -2.14. The first-order chi connectivity index (χ1) is 12.6. The van der Waals surface area contributed by atoms with Gasteiger partial charge in [-0.1, -0.05) is 24.3 Å². The molecule has 2 aromatic carbocycles. The maximum absolute atomic E-state index is 12.1. The zero-order chi connectivity index (χ0) is 18.5. The van der Waals surface area contributed by atoms with Crippen molar-refractivity contribution in [3.63, 3.8) is 0 Å². The van der Waals surface area contributed by atoms with Crippen LogP contribution in [-0.4, -0.2) is 25.6 Å². The van der Waals surface area contributed by atoms with E-state index in [1.807, 2.05) is 31.2 Å². The molecule has 26 heavy (non-hydrogen) atoms. The van der Waals surface area contributed by atoms with Crippen LogP contribution >= 0.6 is 0 Å². The number of nitrogens with one attached hydrogen (secondary N) is 1. The van der Waals surface area contributed by atoms with Crippen LogP contribution in [0.15, 0.2) is 59.2 Å². The lowest BCUT2D eigenvalue weighted by atomic mass is 10.1. The van der Waals surface area contributed by atoms with E-state index < -0.39 is 5.97 Å². The standard InChI is InChI=1S/C20H19NO5/c1-13(17-8-5-9-25-17)21-19(22)12-26-18-11-15-7-4-3-6-14(15)10-16(18)20(23)24-2/h3-11,13H,12H2,1-2H3,(H,21,22). The van der Waals surface area contributed by atoms with Crippen LogP contribution in [0.1, 0.15) is 29.1 Å². The lowest BCUT2D eigenvalue weighted by Crippen LogP contribution is -2.31. The van der Waals surface area contributed by atoms with Crippen molar-refractivity contribution in [2.24, 2.45) is 0 Å². The molecule has 0 saturated heterocycles. The molecule has 0 aliphatic heterocycles. The number of hydrogen-bond donors (Lipinski definition) is 1. The third-order valence-corrected chi connectivity index (χ3v) is 3.96. The van der Waals surface area contributed by atoms with Crippen molar-refractivity contribution in [3.8, 4) is 5.75 Å². The van der Waals surface area contributed by atoms with Crippen LogP contribution in [-0.2, 0) is 9.53 Å². The minimum atomic E-state index is -0.518. The highest BCUT2D eigenvalue weighted by molar-refractivity contribution is 5.98. The maximum atomic E-state index is 12.1. The van der Waals surface area contributed by atoms with Gasteiger partial charge >= 0.3 is 5.97 Å². The molecule has 3 rings (SSSR count). The van der Waals surface area contributed by atoms with Crippen molar-refractivity contribution < 1.29 is 23.5 Å². The van der Waals surface area contributed by atoms with Gasteiger partial charge in [0.05, 0.1) is 19.4 Å². The molecule has 1 atom stereocenters. The van der Waals surface area contributed by atoms with Gasteiger partial charge in [0.15, 0.2) is 6.61 Å². The number of amides is 1. The molecule has 0 aliphatic carbocycles. The Kier molecular flexibility index (Phi) is 5.22. The van der Waals surface area contributed by atoms with E-state index in [2.05, 4.69) is 5.32 Å². The number of furan rings is 1. The number of hydrogen-bond acceptors (Lipinski definition) is 5. The van der Waals surface area contributed by atoms with Crippen LogP contribution in [0.5, 0.6) is 5.75 Å². The Bertz CT molecular complexity index is 917. The smallest absolute Gasteiger partial charge is 0.341 e. The molecule has 0 aliphatic rings. The molecule has 3 aromatic rings. The topological polar surface area (TPSA) is 77.8 Å². The van der Waals surface area contributed by atoms with Crippen molar-refractivity contribution >= 4 is 22.6 Å². The van der Waals surface area contributed by atoms with E-state index in [0.29, 0.717) is 11.5 Å². The molecule has 6 nitrogen and oxygen atoms in total. The molecule has 0 spiro atoms. The lowest BCUT2D eigenvalue weighted by molar-refractivity contribution is -0.123. The Morgan fingerprint density at radius 2 is 1.85 bits per heavy atom. The van der Waals surface area contributed by atoms with Crippen LogP contribution in [0.4, 0.5) is 0 Å². The minimum Gasteiger partial charge on any atom is -0.483 e. The van der Waals surface area contributed by atoms with E-state index in [0.717, 1.165) is 10.8 Å². The van der Waals surface area contributed by atoms with Crippen LogP contribution in [0, 0.1) is 0 Å². The summed E-state index contributed by atoms with van der Waals surface area (Å²) in [6.45, 7) is 1.58. The van der Waals surface area contributed by atoms with Gasteiger partial charge in [0.2, 0.25) is 0 Å². The Hall–Kier alpha value is -3.28. The number of methoxy groups -OCH3 is 1. The van der Waals surface area contributed by atoms with Gasteiger partial charge in [0.25, 0.3) is 5.91 Å². The van der Waals surface area contributed by atoms with Crippen molar-refractivity contribution in [2.45, 2.75) is 13.0 Å². The Morgan fingerprint density at radius 1 is 1.12 bits per heavy atom. The van der Waals surface area contributed by atoms with Crippen molar-refractivity contribution in [1.82, 2.24) is 5.32 Å². The number of ether oxygens (including phenoxy) is 2. The molecule has 0 bridgehead atoms. The van der Waals surface area contributed by atoms with Crippen LogP contribution in [0.2, 0.25) is 0 Å². The first kappa shape index (κ1) is 17.5. The summed E-state index contributed by atoms with van der Waals surface area (Å²) in [5, 5.41) is 4.57. The van der Waals surface area contributed by atoms with Crippen molar-refractivity contribution in [3.05, 3.63) is 66.1 Å². The Balaban J connectivity index is 1.74. The minimum absolute atomic E-state index is 0.229. The van der Waals surface area contributed by atoms with Gasteiger partial charge in [-0.05, 0) is 42.0 Å². The zero-order valence-electron chi connectivity index (χ0n) is 14.5. The van der Waals surface area contributed by atoms with E-state index in [-0.39, 0.29) is 24.1 Å². The van der Waals surface area contributed by atoms with Gasteiger partial charge in [-0.25, -0.2) is 4.79 Å². The van der Waals surface area contributed by atoms with Gasteiger partial charge < -0.3 is 19.2 Å². The summed E-state index contributed by atoms with van der Waals surface area (Å²) >= 11 is 0. The van der Waals surface area contributed by atoms with Crippen LogP contribution in [0.3, 0.4) is 0 Å². The SMILES string of the molecule is COC(=O)c1cc2ccccc2cc1OCC(=O)NC(C)c1ccco1. The van der Waals surface area contributed by atoms with Crippen molar-refractivity contribution in [2.75, 3.05) is 13.7 Å². The number of benzene rings is 2. The average molecular weight is 353 g/mol. The highest BCUT2D eigenvalue weighted by Crippen LogP contribution is 2.27. The summed E-state index contributed by atoms with van der Waals surface area (Å²) in [6, 6.07) is 14.3. The van der Waals surface area contributed by atoms with Gasteiger partial charge in [0.1, 0.15) is 17.1 Å². The number of carbonyl (C=O) groups is 2. The first-order valence-electron chi connectivity index (χ1n) is 8.15.